The SMILES string of the molecule is Nc1ccc(Br)c(OC(F)F)c1CO. The van der Waals surface area contributed by atoms with Crippen molar-refractivity contribution in [3.05, 3.63) is 22.2 Å². The van der Waals surface area contributed by atoms with Gasteiger partial charge in [0.05, 0.1) is 11.1 Å². The molecule has 3 nitrogen and oxygen atoms in total. The molecule has 1 aromatic rings. The summed E-state index contributed by atoms with van der Waals surface area (Å²) in [6.45, 7) is -3.40. The standard InChI is InChI=1S/C8H8BrF2NO2/c9-5-1-2-6(12)4(3-13)7(5)14-8(10)11/h1-2,8,13H,3,12H2. The molecule has 14 heavy (non-hydrogen) atoms. The van der Waals surface area contributed by atoms with E-state index in [1.54, 1.807) is 0 Å². The minimum Gasteiger partial charge on any atom is -0.433 e. The lowest BCUT2D eigenvalue weighted by molar-refractivity contribution is -0.0513. The number of rotatable bonds is 3. The van der Waals surface area contributed by atoms with E-state index >= 15 is 0 Å². The Balaban J connectivity index is 3.16. The number of halogens is 3. The Morgan fingerprint density at radius 1 is 1.50 bits per heavy atom. The smallest absolute Gasteiger partial charge is 0.387 e. The molecule has 0 amide bonds. The summed E-state index contributed by atoms with van der Waals surface area (Å²) >= 11 is 3.03. The lowest BCUT2D eigenvalue weighted by Gasteiger charge is -2.12. The van der Waals surface area contributed by atoms with Crippen molar-refractivity contribution in [3.8, 4) is 5.75 Å². The third kappa shape index (κ3) is 2.33. The van der Waals surface area contributed by atoms with Crippen LogP contribution in [0.3, 0.4) is 0 Å². The second-order valence-corrected chi connectivity index (χ2v) is 3.34. The van der Waals surface area contributed by atoms with Crippen molar-refractivity contribution in [2.24, 2.45) is 0 Å². The number of ether oxygens (including phenoxy) is 1. The fraction of sp³-hybridized carbons (Fsp3) is 0.250. The van der Waals surface area contributed by atoms with Gasteiger partial charge in [0, 0.05) is 11.3 Å². The number of alkyl halides is 2. The molecule has 0 radical (unpaired) electrons. The third-order valence-electron chi connectivity index (χ3n) is 1.61. The van der Waals surface area contributed by atoms with Crippen molar-refractivity contribution < 1.29 is 18.6 Å². The second kappa shape index (κ2) is 4.56. The van der Waals surface area contributed by atoms with Gasteiger partial charge in [-0.3, -0.25) is 0 Å². The third-order valence-corrected chi connectivity index (χ3v) is 2.24. The van der Waals surface area contributed by atoms with Crippen molar-refractivity contribution >= 4 is 21.6 Å². The van der Waals surface area contributed by atoms with E-state index < -0.39 is 13.2 Å². The molecule has 0 aliphatic carbocycles. The van der Waals surface area contributed by atoms with Crippen molar-refractivity contribution in [2.45, 2.75) is 13.2 Å². The van der Waals surface area contributed by atoms with E-state index in [2.05, 4.69) is 20.7 Å². The maximum Gasteiger partial charge on any atom is 0.387 e. The van der Waals surface area contributed by atoms with Crippen LogP contribution in [0.1, 0.15) is 5.56 Å². The Labute approximate surface area is 87.6 Å². The lowest BCUT2D eigenvalue weighted by Crippen LogP contribution is -2.07. The van der Waals surface area contributed by atoms with Gasteiger partial charge in [0.25, 0.3) is 0 Å². The van der Waals surface area contributed by atoms with Gasteiger partial charge in [0.15, 0.2) is 0 Å². The summed E-state index contributed by atoms with van der Waals surface area (Å²) in [6, 6.07) is 2.97. The van der Waals surface area contributed by atoms with Crippen LogP contribution in [0, 0.1) is 0 Å². The van der Waals surface area contributed by atoms with E-state index in [1.165, 1.54) is 12.1 Å². The molecule has 0 saturated carbocycles. The number of benzene rings is 1. The van der Waals surface area contributed by atoms with Crippen LogP contribution in [0.5, 0.6) is 5.75 Å². The quantitative estimate of drug-likeness (QED) is 0.825. The van der Waals surface area contributed by atoms with E-state index in [9.17, 15) is 8.78 Å². The number of anilines is 1. The average molecular weight is 268 g/mol. The molecule has 0 aliphatic rings. The molecular formula is C8H8BrF2NO2. The van der Waals surface area contributed by atoms with E-state index in [4.69, 9.17) is 10.8 Å². The summed E-state index contributed by atoms with van der Waals surface area (Å²) in [5.74, 6) is -0.123. The number of aliphatic hydroxyl groups is 1. The van der Waals surface area contributed by atoms with Crippen LogP contribution in [0.2, 0.25) is 0 Å². The molecule has 0 saturated heterocycles. The predicted octanol–water partition coefficient (Wildman–Crippen LogP) is 2.13. The predicted molar refractivity (Wildman–Crippen MR) is 51.1 cm³/mol. The van der Waals surface area contributed by atoms with Gasteiger partial charge in [-0.2, -0.15) is 8.78 Å². The second-order valence-electron chi connectivity index (χ2n) is 2.48. The number of nitrogens with two attached hydrogens (primary N) is 1. The Morgan fingerprint density at radius 2 is 2.14 bits per heavy atom. The molecule has 3 N–H and O–H groups in total. The molecular weight excluding hydrogens is 260 g/mol. The fourth-order valence-electron chi connectivity index (χ4n) is 0.994. The van der Waals surface area contributed by atoms with Crippen molar-refractivity contribution in [2.75, 3.05) is 5.73 Å². The molecule has 0 aromatic heterocycles. The van der Waals surface area contributed by atoms with Crippen LogP contribution in [-0.4, -0.2) is 11.7 Å². The molecule has 0 bridgehead atoms. The first kappa shape index (κ1) is 11.2. The first-order valence-electron chi connectivity index (χ1n) is 3.68. The highest BCUT2D eigenvalue weighted by Crippen LogP contribution is 2.34. The van der Waals surface area contributed by atoms with E-state index in [0.29, 0.717) is 4.47 Å². The van der Waals surface area contributed by atoms with E-state index in [1.807, 2.05) is 0 Å². The van der Waals surface area contributed by atoms with Crippen LogP contribution in [-0.2, 0) is 6.61 Å². The van der Waals surface area contributed by atoms with Gasteiger partial charge < -0.3 is 15.6 Å². The molecule has 1 rings (SSSR count). The Kier molecular flexibility index (Phi) is 3.65. The minimum absolute atomic E-state index is 0.123. The Morgan fingerprint density at radius 3 is 2.64 bits per heavy atom. The van der Waals surface area contributed by atoms with Gasteiger partial charge in [-0.1, -0.05) is 0 Å². The van der Waals surface area contributed by atoms with Gasteiger partial charge in [-0.05, 0) is 28.1 Å². The van der Waals surface area contributed by atoms with E-state index in [-0.39, 0.29) is 17.0 Å². The van der Waals surface area contributed by atoms with Crippen LogP contribution >= 0.6 is 15.9 Å². The average Bonchev–Trinajstić information content (AvgIpc) is 2.11. The van der Waals surface area contributed by atoms with Gasteiger partial charge in [0.2, 0.25) is 0 Å². The van der Waals surface area contributed by atoms with Gasteiger partial charge in [-0.25, -0.2) is 0 Å². The summed E-state index contributed by atoms with van der Waals surface area (Å²) in [7, 11) is 0. The van der Waals surface area contributed by atoms with E-state index in [0.717, 1.165) is 0 Å². The summed E-state index contributed by atoms with van der Waals surface area (Å²) in [4.78, 5) is 0. The van der Waals surface area contributed by atoms with Crippen LogP contribution in [0.15, 0.2) is 16.6 Å². The maximum absolute atomic E-state index is 12.0. The molecule has 0 atom stereocenters. The normalized spacial score (nSPS) is 10.6. The Hall–Kier alpha value is -0.880. The molecule has 78 valence electrons. The van der Waals surface area contributed by atoms with Crippen molar-refractivity contribution in [1.29, 1.82) is 0 Å². The highest BCUT2D eigenvalue weighted by atomic mass is 79.9. The van der Waals surface area contributed by atoms with Crippen molar-refractivity contribution in [3.63, 3.8) is 0 Å². The van der Waals surface area contributed by atoms with Crippen LogP contribution in [0.25, 0.3) is 0 Å². The lowest BCUT2D eigenvalue weighted by atomic mass is 10.2. The molecule has 1 aromatic carbocycles. The first-order chi connectivity index (χ1) is 6.56. The highest BCUT2D eigenvalue weighted by molar-refractivity contribution is 9.10. The number of aliphatic hydroxyl groups excluding tert-OH is 1. The molecule has 0 unspecified atom stereocenters. The summed E-state index contributed by atoms with van der Waals surface area (Å²) in [5.41, 5.74) is 5.84. The first-order valence-corrected chi connectivity index (χ1v) is 4.48. The van der Waals surface area contributed by atoms with Crippen LogP contribution < -0.4 is 10.5 Å². The maximum atomic E-state index is 12.0. The minimum atomic E-state index is -2.95. The zero-order chi connectivity index (χ0) is 10.7. The van der Waals surface area contributed by atoms with Crippen LogP contribution in [0.4, 0.5) is 14.5 Å². The summed E-state index contributed by atoms with van der Waals surface area (Å²) < 4.78 is 28.5. The zero-order valence-corrected chi connectivity index (χ0v) is 8.59. The van der Waals surface area contributed by atoms with Gasteiger partial charge >= 0.3 is 6.61 Å². The van der Waals surface area contributed by atoms with Gasteiger partial charge in [-0.15, -0.1) is 0 Å². The molecule has 0 aliphatic heterocycles. The highest BCUT2D eigenvalue weighted by Gasteiger charge is 2.15. The number of nitrogen functional groups attached to an aromatic ring is 1. The fourth-order valence-corrected chi connectivity index (χ4v) is 1.46. The summed E-state index contributed by atoms with van der Waals surface area (Å²) in [5, 5.41) is 8.91. The topological polar surface area (TPSA) is 55.5 Å². The largest absolute Gasteiger partial charge is 0.433 e. The molecule has 6 heteroatoms. The van der Waals surface area contributed by atoms with Gasteiger partial charge in [0.1, 0.15) is 5.75 Å². The molecule has 0 spiro atoms. The Bertz CT molecular complexity index is 333. The summed E-state index contributed by atoms with van der Waals surface area (Å²) in [6.07, 6.45) is 0. The number of hydrogen-bond donors (Lipinski definition) is 2. The molecule has 0 heterocycles. The monoisotopic (exact) mass is 267 g/mol. The molecule has 0 fully saturated rings. The number of hydrogen-bond acceptors (Lipinski definition) is 3. The van der Waals surface area contributed by atoms with Crippen molar-refractivity contribution in [1.82, 2.24) is 0 Å². The zero-order valence-electron chi connectivity index (χ0n) is 7.01.